The summed E-state index contributed by atoms with van der Waals surface area (Å²) in [4.78, 5) is 0. The molecule has 50 valence electrons. The van der Waals surface area contributed by atoms with Gasteiger partial charge in [0.2, 0.25) is 0 Å². The third-order valence-electron chi connectivity index (χ3n) is 1.59. The van der Waals surface area contributed by atoms with Gasteiger partial charge in [-0.05, 0) is 13.3 Å². The fourth-order valence-corrected chi connectivity index (χ4v) is 0.902. The lowest BCUT2D eigenvalue weighted by atomic mass is 10.0. The van der Waals surface area contributed by atoms with Crippen LogP contribution in [0, 0.1) is 0 Å². The molecule has 0 radical (unpaired) electrons. The van der Waals surface area contributed by atoms with Gasteiger partial charge in [-0.2, -0.15) is 10.2 Å². The topological polar surface area (TPSA) is 24.7 Å². The van der Waals surface area contributed by atoms with Gasteiger partial charge in [-0.25, -0.2) is 0 Å². The Morgan fingerprint density at radius 3 is 2.67 bits per heavy atom. The minimum atomic E-state index is -0.0347. The number of hydrogen-bond donors (Lipinski definition) is 0. The van der Waals surface area contributed by atoms with Crippen molar-refractivity contribution in [2.75, 3.05) is 0 Å². The van der Waals surface area contributed by atoms with Crippen molar-refractivity contribution in [3.05, 3.63) is 0 Å². The molecule has 9 heavy (non-hydrogen) atoms. The van der Waals surface area contributed by atoms with Crippen LogP contribution in [0.1, 0.15) is 20.3 Å². The van der Waals surface area contributed by atoms with E-state index in [0.29, 0.717) is 0 Å². The van der Waals surface area contributed by atoms with E-state index >= 15 is 0 Å². The highest BCUT2D eigenvalue weighted by Gasteiger charge is 2.28. The van der Waals surface area contributed by atoms with Crippen LogP contribution in [-0.2, 0) is 0 Å². The van der Waals surface area contributed by atoms with Crippen molar-refractivity contribution in [3.63, 3.8) is 0 Å². The maximum Gasteiger partial charge on any atom is 0.102 e. The van der Waals surface area contributed by atoms with Crippen molar-refractivity contribution >= 4 is 27.9 Å². The van der Waals surface area contributed by atoms with Gasteiger partial charge in [-0.15, -0.1) is 0 Å². The Morgan fingerprint density at radius 2 is 2.44 bits per heavy atom. The summed E-state index contributed by atoms with van der Waals surface area (Å²) >= 11 is 3.53. The maximum atomic E-state index is 3.90. The van der Waals surface area contributed by atoms with Crippen LogP contribution in [0.5, 0.6) is 0 Å². The molecule has 3 heteroatoms. The van der Waals surface area contributed by atoms with E-state index in [-0.39, 0.29) is 4.32 Å². The lowest BCUT2D eigenvalue weighted by Crippen LogP contribution is -2.27. The molecule has 0 spiro atoms. The molecule has 1 atom stereocenters. The van der Waals surface area contributed by atoms with E-state index in [9.17, 15) is 0 Å². The van der Waals surface area contributed by atoms with E-state index in [0.717, 1.165) is 12.1 Å². The number of halogens is 1. The lowest BCUT2D eigenvalue weighted by Gasteiger charge is -2.14. The van der Waals surface area contributed by atoms with E-state index in [2.05, 4.69) is 33.1 Å². The minimum Gasteiger partial charge on any atom is -0.162 e. The quantitative estimate of drug-likeness (QED) is 0.563. The van der Waals surface area contributed by atoms with Gasteiger partial charge in [0, 0.05) is 6.21 Å². The molecule has 2 nitrogen and oxygen atoms in total. The molecule has 0 aliphatic carbocycles. The van der Waals surface area contributed by atoms with Gasteiger partial charge < -0.3 is 0 Å². The first kappa shape index (κ1) is 6.93. The van der Waals surface area contributed by atoms with Crippen LogP contribution in [0.4, 0.5) is 0 Å². The van der Waals surface area contributed by atoms with E-state index in [1.807, 2.05) is 13.1 Å². The number of rotatable bonds is 1. The molecule has 0 saturated heterocycles. The van der Waals surface area contributed by atoms with Crippen LogP contribution in [-0.4, -0.2) is 16.3 Å². The summed E-state index contributed by atoms with van der Waals surface area (Å²) < 4.78 is -0.0347. The predicted molar refractivity (Wildman–Crippen MR) is 43.6 cm³/mol. The van der Waals surface area contributed by atoms with E-state index in [4.69, 9.17) is 0 Å². The third-order valence-corrected chi connectivity index (χ3v) is 2.93. The Hall–Kier alpha value is -0.180. The Labute approximate surface area is 63.2 Å². The molecule has 0 bridgehead atoms. The minimum absolute atomic E-state index is 0.0347. The standard InChI is InChI=1S/C6H9BrN2/c1-3-6(7)4-8-9-5(6)2/h4H,3H2,1-2H3. The Morgan fingerprint density at radius 1 is 1.78 bits per heavy atom. The molecule has 1 unspecified atom stereocenters. The van der Waals surface area contributed by atoms with E-state index in [1.165, 1.54) is 0 Å². The predicted octanol–water partition coefficient (Wildman–Crippen LogP) is 1.99. The van der Waals surface area contributed by atoms with Gasteiger partial charge in [-0.3, -0.25) is 0 Å². The van der Waals surface area contributed by atoms with Gasteiger partial charge in [0.1, 0.15) is 4.32 Å². The Kier molecular flexibility index (Phi) is 1.70. The first-order chi connectivity index (χ1) is 4.19. The largest absolute Gasteiger partial charge is 0.162 e. The second-order valence-electron chi connectivity index (χ2n) is 2.15. The van der Waals surface area contributed by atoms with Crippen LogP contribution in [0.25, 0.3) is 0 Å². The molecule has 0 fully saturated rings. The fourth-order valence-electron chi connectivity index (χ4n) is 0.731. The van der Waals surface area contributed by atoms with Crippen molar-refractivity contribution in [1.29, 1.82) is 0 Å². The summed E-state index contributed by atoms with van der Waals surface area (Å²) in [5.74, 6) is 0. The normalized spacial score (nSPS) is 33.0. The highest BCUT2D eigenvalue weighted by atomic mass is 79.9. The van der Waals surface area contributed by atoms with Gasteiger partial charge in [0.05, 0.1) is 5.71 Å². The van der Waals surface area contributed by atoms with Gasteiger partial charge in [0.25, 0.3) is 0 Å². The summed E-state index contributed by atoms with van der Waals surface area (Å²) in [6.45, 7) is 4.08. The summed E-state index contributed by atoms with van der Waals surface area (Å²) in [7, 11) is 0. The zero-order valence-corrected chi connectivity index (χ0v) is 7.14. The highest BCUT2D eigenvalue weighted by molar-refractivity contribution is 9.10. The van der Waals surface area contributed by atoms with Gasteiger partial charge in [0.15, 0.2) is 0 Å². The Bertz CT molecular complexity index is 174. The maximum absolute atomic E-state index is 3.90. The average molecular weight is 189 g/mol. The molecule has 0 N–H and O–H groups in total. The van der Waals surface area contributed by atoms with Crippen LogP contribution in [0.15, 0.2) is 10.2 Å². The molecule has 0 aromatic rings. The van der Waals surface area contributed by atoms with Crippen molar-refractivity contribution in [3.8, 4) is 0 Å². The first-order valence-electron chi connectivity index (χ1n) is 2.97. The van der Waals surface area contributed by atoms with E-state index in [1.54, 1.807) is 0 Å². The fraction of sp³-hybridized carbons (Fsp3) is 0.667. The number of hydrogen-bond acceptors (Lipinski definition) is 2. The number of nitrogens with zero attached hydrogens (tertiary/aromatic N) is 2. The van der Waals surface area contributed by atoms with Gasteiger partial charge >= 0.3 is 0 Å². The van der Waals surface area contributed by atoms with Crippen LogP contribution < -0.4 is 0 Å². The van der Waals surface area contributed by atoms with Crippen molar-refractivity contribution in [2.45, 2.75) is 24.6 Å². The zero-order valence-electron chi connectivity index (χ0n) is 5.56. The molecule has 1 heterocycles. The molecule has 0 aromatic carbocycles. The smallest absolute Gasteiger partial charge is 0.102 e. The summed E-state index contributed by atoms with van der Waals surface area (Å²) in [5.41, 5.74) is 1.05. The molecule has 0 saturated carbocycles. The summed E-state index contributed by atoms with van der Waals surface area (Å²) in [6, 6.07) is 0. The van der Waals surface area contributed by atoms with E-state index < -0.39 is 0 Å². The zero-order chi connectivity index (χ0) is 6.91. The molecule has 1 aliphatic rings. The summed E-state index contributed by atoms with van der Waals surface area (Å²) in [5, 5.41) is 7.70. The molecular formula is C6H9BrN2. The monoisotopic (exact) mass is 188 g/mol. The van der Waals surface area contributed by atoms with Crippen LogP contribution >= 0.6 is 15.9 Å². The lowest BCUT2D eigenvalue weighted by molar-refractivity contribution is 0.945. The third kappa shape index (κ3) is 1.06. The molecular weight excluding hydrogens is 180 g/mol. The van der Waals surface area contributed by atoms with Crippen molar-refractivity contribution < 1.29 is 0 Å². The number of alkyl halides is 1. The van der Waals surface area contributed by atoms with Crippen molar-refractivity contribution in [2.24, 2.45) is 10.2 Å². The van der Waals surface area contributed by atoms with Crippen LogP contribution in [0.3, 0.4) is 0 Å². The average Bonchev–Trinajstić information content (AvgIpc) is 2.15. The first-order valence-corrected chi connectivity index (χ1v) is 3.76. The Balaban J connectivity index is 2.82. The van der Waals surface area contributed by atoms with Gasteiger partial charge in [-0.1, -0.05) is 22.9 Å². The molecule has 0 amide bonds. The second-order valence-corrected chi connectivity index (χ2v) is 3.56. The van der Waals surface area contributed by atoms with Crippen LogP contribution in [0.2, 0.25) is 0 Å². The second kappa shape index (κ2) is 2.21. The molecule has 1 rings (SSSR count). The summed E-state index contributed by atoms with van der Waals surface area (Å²) in [6.07, 6.45) is 2.84. The highest BCUT2D eigenvalue weighted by Crippen LogP contribution is 2.25. The molecule has 0 aromatic heterocycles. The SMILES string of the molecule is CCC1(Br)C=NN=C1C. The van der Waals surface area contributed by atoms with Crippen molar-refractivity contribution in [1.82, 2.24) is 0 Å². The molecule has 1 aliphatic heterocycles.